The maximum Gasteiger partial charge on any atom is 0.272 e. The Balaban J connectivity index is 1.86. The summed E-state index contributed by atoms with van der Waals surface area (Å²) in [6.45, 7) is 0. The largest absolute Gasteiger partial charge is 0.324 e. The van der Waals surface area contributed by atoms with Crippen molar-refractivity contribution in [2.24, 2.45) is 11.7 Å². The molecule has 0 aromatic heterocycles. The average molecular weight is 282 g/mol. The van der Waals surface area contributed by atoms with Crippen molar-refractivity contribution in [1.82, 2.24) is 0 Å². The van der Waals surface area contributed by atoms with Crippen LogP contribution in [0, 0.1) is 16.0 Å². The molecule has 0 aliphatic heterocycles. The molecule has 0 saturated carbocycles. The third-order valence-electron chi connectivity index (χ3n) is 4.38. The van der Waals surface area contributed by atoms with E-state index in [1.54, 1.807) is 12.1 Å². The number of nitro benzene ring substituents is 1. The highest BCUT2D eigenvalue weighted by Gasteiger charge is 2.28. The zero-order valence-electron chi connectivity index (χ0n) is 11.7. The van der Waals surface area contributed by atoms with E-state index < -0.39 is 0 Å². The van der Waals surface area contributed by atoms with Crippen LogP contribution in [0.1, 0.15) is 29.2 Å². The molecule has 0 bridgehead atoms. The van der Waals surface area contributed by atoms with Crippen LogP contribution in [-0.4, -0.2) is 4.92 Å². The summed E-state index contributed by atoms with van der Waals surface area (Å²) in [7, 11) is 0. The van der Waals surface area contributed by atoms with E-state index in [1.807, 2.05) is 24.3 Å². The van der Waals surface area contributed by atoms with Crippen LogP contribution in [0.3, 0.4) is 0 Å². The molecule has 2 N–H and O–H groups in total. The van der Waals surface area contributed by atoms with Gasteiger partial charge in [0, 0.05) is 17.7 Å². The van der Waals surface area contributed by atoms with Crippen molar-refractivity contribution < 1.29 is 4.92 Å². The Morgan fingerprint density at radius 3 is 2.67 bits per heavy atom. The number of para-hydroxylation sites is 1. The Bertz CT molecular complexity index is 669. The minimum atomic E-state index is -0.308. The van der Waals surface area contributed by atoms with E-state index in [9.17, 15) is 10.1 Å². The standard InChI is InChI=1S/C17H18N2O2/c18-17-14(10-9-12-5-1-3-7-15(12)17)11-13-6-2-4-8-16(13)19(20)21/h1-8,14,17H,9-11,18H2. The quantitative estimate of drug-likeness (QED) is 0.693. The summed E-state index contributed by atoms with van der Waals surface area (Å²) < 4.78 is 0. The Hall–Kier alpha value is -2.20. The molecule has 0 amide bonds. The second-order valence-corrected chi connectivity index (χ2v) is 5.61. The van der Waals surface area contributed by atoms with Gasteiger partial charge in [0.2, 0.25) is 0 Å². The zero-order chi connectivity index (χ0) is 14.8. The van der Waals surface area contributed by atoms with Crippen molar-refractivity contribution in [3.05, 3.63) is 75.3 Å². The lowest BCUT2D eigenvalue weighted by atomic mass is 9.77. The summed E-state index contributed by atoms with van der Waals surface area (Å²) in [6, 6.07) is 15.2. The highest BCUT2D eigenvalue weighted by atomic mass is 16.6. The van der Waals surface area contributed by atoms with Crippen LogP contribution >= 0.6 is 0 Å². The lowest BCUT2D eigenvalue weighted by Gasteiger charge is -2.31. The lowest BCUT2D eigenvalue weighted by Crippen LogP contribution is -2.28. The molecular weight excluding hydrogens is 264 g/mol. The molecule has 1 aliphatic rings. The molecule has 21 heavy (non-hydrogen) atoms. The molecule has 0 spiro atoms. The fraction of sp³-hybridized carbons (Fsp3) is 0.294. The van der Waals surface area contributed by atoms with E-state index in [4.69, 9.17) is 5.73 Å². The van der Waals surface area contributed by atoms with Gasteiger partial charge in [-0.2, -0.15) is 0 Å². The van der Waals surface area contributed by atoms with E-state index in [2.05, 4.69) is 12.1 Å². The summed E-state index contributed by atoms with van der Waals surface area (Å²) in [5.74, 6) is 0.251. The van der Waals surface area contributed by atoms with Gasteiger partial charge < -0.3 is 5.73 Å². The summed E-state index contributed by atoms with van der Waals surface area (Å²) in [5.41, 5.74) is 9.87. The topological polar surface area (TPSA) is 69.2 Å². The summed E-state index contributed by atoms with van der Waals surface area (Å²) >= 11 is 0. The van der Waals surface area contributed by atoms with E-state index in [-0.39, 0.29) is 22.6 Å². The van der Waals surface area contributed by atoms with Gasteiger partial charge in [0.25, 0.3) is 5.69 Å². The Kier molecular flexibility index (Phi) is 3.71. The molecule has 4 nitrogen and oxygen atoms in total. The van der Waals surface area contributed by atoms with Crippen molar-refractivity contribution in [2.75, 3.05) is 0 Å². The van der Waals surface area contributed by atoms with Crippen LogP contribution in [0.25, 0.3) is 0 Å². The molecule has 2 atom stereocenters. The van der Waals surface area contributed by atoms with Crippen molar-refractivity contribution in [3.8, 4) is 0 Å². The number of fused-ring (bicyclic) bond motifs is 1. The fourth-order valence-corrected chi connectivity index (χ4v) is 3.23. The molecule has 0 radical (unpaired) electrons. The van der Waals surface area contributed by atoms with Crippen LogP contribution in [0.15, 0.2) is 48.5 Å². The van der Waals surface area contributed by atoms with Gasteiger partial charge >= 0.3 is 0 Å². The SMILES string of the molecule is NC1c2ccccc2CCC1Cc1ccccc1[N+](=O)[O-]. The molecule has 108 valence electrons. The van der Waals surface area contributed by atoms with Gasteiger partial charge in [-0.05, 0) is 36.3 Å². The van der Waals surface area contributed by atoms with Gasteiger partial charge in [0.05, 0.1) is 4.92 Å². The van der Waals surface area contributed by atoms with Gasteiger partial charge in [0.1, 0.15) is 0 Å². The predicted octanol–water partition coefficient (Wildman–Crippen LogP) is 3.40. The first-order valence-corrected chi connectivity index (χ1v) is 7.22. The molecule has 0 saturated heterocycles. The van der Waals surface area contributed by atoms with E-state index in [0.29, 0.717) is 6.42 Å². The number of nitrogens with zero attached hydrogens (tertiary/aromatic N) is 1. The fourth-order valence-electron chi connectivity index (χ4n) is 3.23. The van der Waals surface area contributed by atoms with Gasteiger partial charge in [0.15, 0.2) is 0 Å². The van der Waals surface area contributed by atoms with Crippen molar-refractivity contribution in [1.29, 1.82) is 0 Å². The molecule has 2 unspecified atom stereocenters. The molecule has 3 rings (SSSR count). The van der Waals surface area contributed by atoms with Crippen LogP contribution in [0.4, 0.5) is 5.69 Å². The summed E-state index contributed by atoms with van der Waals surface area (Å²) in [5, 5.41) is 11.1. The normalized spacial score (nSPS) is 20.8. The Labute approximate surface area is 123 Å². The summed E-state index contributed by atoms with van der Waals surface area (Å²) in [6.07, 6.45) is 2.63. The number of hydrogen-bond acceptors (Lipinski definition) is 3. The molecule has 2 aromatic rings. The smallest absolute Gasteiger partial charge is 0.272 e. The molecular formula is C17H18N2O2. The van der Waals surface area contributed by atoms with Gasteiger partial charge in [-0.25, -0.2) is 0 Å². The summed E-state index contributed by atoms with van der Waals surface area (Å²) in [4.78, 5) is 10.8. The number of nitrogens with two attached hydrogens (primary N) is 1. The van der Waals surface area contributed by atoms with Gasteiger partial charge in [-0.15, -0.1) is 0 Å². The zero-order valence-corrected chi connectivity index (χ0v) is 11.7. The van der Waals surface area contributed by atoms with Crippen molar-refractivity contribution >= 4 is 5.69 Å². The average Bonchev–Trinajstić information content (AvgIpc) is 2.51. The van der Waals surface area contributed by atoms with Crippen molar-refractivity contribution in [3.63, 3.8) is 0 Å². The molecule has 1 aliphatic carbocycles. The molecule has 4 heteroatoms. The Morgan fingerprint density at radius 2 is 1.86 bits per heavy atom. The number of aryl methyl sites for hydroxylation is 1. The highest BCUT2D eigenvalue weighted by molar-refractivity contribution is 5.41. The molecule has 0 fully saturated rings. The minimum absolute atomic E-state index is 0.0465. The van der Waals surface area contributed by atoms with Crippen molar-refractivity contribution in [2.45, 2.75) is 25.3 Å². The molecule has 2 aromatic carbocycles. The first-order valence-electron chi connectivity index (χ1n) is 7.22. The van der Waals surface area contributed by atoms with E-state index >= 15 is 0 Å². The van der Waals surface area contributed by atoms with Gasteiger partial charge in [-0.3, -0.25) is 10.1 Å². The van der Waals surface area contributed by atoms with Crippen LogP contribution < -0.4 is 5.73 Å². The Morgan fingerprint density at radius 1 is 1.14 bits per heavy atom. The number of hydrogen-bond donors (Lipinski definition) is 1. The third-order valence-corrected chi connectivity index (χ3v) is 4.38. The minimum Gasteiger partial charge on any atom is -0.324 e. The number of rotatable bonds is 3. The maximum absolute atomic E-state index is 11.1. The monoisotopic (exact) mass is 282 g/mol. The third kappa shape index (κ3) is 2.67. The van der Waals surface area contributed by atoms with Gasteiger partial charge in [-0.1, -0.05) is 42.5 Å². The predicted molar refractivity (Wildman–Crippen MR) is 82.0 cm³/mol. The number of benzene rings is 2. The van der Waals surface area contributed by atoms with E-state index in [1.165, 1.54) is 11.1 Å². The first kappa shape index (κ1) is 13.8. The second-order valence-electron chi connectivity index (χ2n) is 5.61. The maximum atomic E-state index is 11.1. The second kappa shape index (κ2) is 5.66. The highest BCUT2D eigenvalue weighted by Crippen LogP contribution is 2.36. The van der Waals surface area contributed by atoms with Crippen LogP contribution in [0.2, 0.25) is 0 Å². The number of nitro groups is 1. The first-order chi connectivity index (χ1) is 10.2. The molecule has 0 heterocycles. The van der Waals surface area contributed by atoms with E-state index in [0.717, 1.165) is 18.4 Å². The van der Waals surface area contributed by atoms with Crippen LogP contribution in [-0.2, 0) is 12.8 Å². The van der Waals surface area contributed by atoms with Crippen LogP contribution in [0.5, 0.6) is 0 Å². The lowest BCUT2D eigenvalue weighted by molar-refractivity contribution is -0.385.